The van der Waals surface area contributed by atoms with Crippen LogP contribution in [0, 0.1) is 12.3 Å². The van der Waals surface area contributed by atoms with E-state index in [0.717, 1.165) is 63.3 Å². The number of amides is 1. The molecule has 0 unspecified atom stereocenters. The van der Waals surface area contributed by atoms with Gasteiger partial charge in [-0.2, -0.15) is 0 Å². The summed E-state index contributed by atoms with van der Waals surface area (Å²) in [7, 11) is 1.93. The molecule has 0 atom stereocenters. The Hall–Kier alpha value is -2.40. The summed E-state index contributed by atoms with van der Waals surface area (Å²) in [6.45, 7) is 6.09. The molecular formula is C24H31N3O2. The highest BCUT2D eigenvalue weighted by molar-refractivity contribution is 5.85. The minimum atomic E-state index is -0.294. The fraction of sp³-hybridized carbons (Fsp3) is 0.500. The van der Waals surface area contributed by atoms with Crippen molar-refractivity contribution in [1.82, 2.24) is 14.8 Å². The van der Waals surface area contributed by atoms with Crippen LogP contribution in [0.5, 0.6) is 5.75 Å². The van der Waals surface area contributed by atoms with Gasteiger partial charge in [-0.05, 0) is 68.5 Å². The molecule has 154 valence electrons. The van der Waals surface area contributed by atoms with E-state index in [0.29, 0.717) is 6.61 Å². The third-order valence-corrected chi connectivity index (χ3v) is 6.18. The lowest BCUT2D eigenvalue weighted by molar-refractivity contribution is -0.136. The molecule has 29 heavy (non-hydrogen) atoms. The molecule has 2 heterocycles. The fourth-order valence-corrected chi connectivity index (χ4v) is 4.08. The van der Waals surface area contributed by atoms with Crippen LogP contribution in [0.4, 0.5) is 0 Å². The number of nitrogens with zero attached hydrogens (tertiary/aromatic N) is 3. The van der Waals surface area contributed by atoms with E-state index in [9.17, 15) is 4.79 Å². The van der Waals surface area contributed by atoms with Crippen LogP contribution in [0.3, 0.4) is 0 Å². The standard InChI is InChI=1S/C24H31N3O2/c1-19-7-6-12-25-22(19)17-27-14-4-3-13-26(2)23(28)24(10-11-24)18-29-21-9-5-8-20(15-21)16-27/h5-9,12,15H,3-4,10-11,13-14,16-18H2,1-2H3. The summed E-state index contributed by atoms with van der Waals surface area (Å²) in [6, 6.07) is 12.4. The number of carbonyl (C=O) groups is 1. The van der Waals surface area contributed by atoms with E-state index >= 15 is 0 Å². The van der Waals surface area contributed by atoms with E-state index in [2.05, 4.69) is 35.0 Å². The summed E-state index contributed by atoms with van der Waals surface area (Å²) >= 11 is 0. The van der Waals surface area contributed by atoms with Crippen molar-refractivity contribution in [1.29, 1.82) is 0 Å². The first-order valence-electron chi connectivity index (χ1n) is 10.7. The predicted octanol–water partition coefficient (Wildman–Crippen LogP) is 3.80. The maximum absolute atomic E-state index is 12.9. The predicted molar refractivity (Wildman–Crippen MR) is 114 cm³/mol. The van der Waals surface area contributed by atoms with Gasteiger partial charge in [-0.3, -0.25) is 14.7 Å². The molecule has 1 aliphatic heterocycles. The summed E-state index contributed by atoms with van der Waals surface area (Å²) in [6.07, 6.45) is 5.82. The second-order valence-corrected chi connectivity index (χ2v) is 8.63. The molecule has 4 rings (SSSR count). The van der Waals surface area contributed by atoms with Crippen LogP contribution in [-0.4, -0.2) is 47.4 Å². The molecule has 2 aromatic rings. The van der Waals surface area contributed by atoms with Gasteiger partial charge in [0.1, 0.15) is 12.4 Å². The molecule has 1 aromatic heterocycles. The number of pyridine rings is 1. The molecule has 1 fully saturated rings. The molecular weight excluding hydrogens is 362 g/mol. The van der Waals surface area contributed by atoms with Crippen LogP contribution < -0.4 is 4.74 Å². The molecule has 2 bridgehead atoms. The van der Waals surface area contributed by atoms with Crippen LogP contribution in [0.1, 0.15) is 42.5 Å². The Balaban J connectivity index is 1.54. The first-order chi connectivity index (χ1) is 14.1. The van der Waals surface area contributed by atoms with Gasteiger partial charge in [0.2, 0.25) is 5.91 Å². The second kappa shape index (κ2) is 8.54. The molecule has 5 nitrogen and oxygen atoms in total. The van der Waals surface area contributed by atoms with E-state index in [-0.39, 0.29) is 11.3 Å². The molecule has 0 radical (unpaired) electrons. The molecule has 5 heteroatoms. The largest absolute Gasteiger partial charge is 0.492 e. The van der Waals surface area contributed by atoms with Crippen LogP contribution >= 0.6 is 0 Å². The molecule has 2 aliphatic rings. The number of ether oxygens (including phenoxy) is 1. The normalized spacial score (nSPS) is 20.2. The van der Waals surface area contributed by atoms with E-state index in [4.69, 9.17) is 4.74 Å². The number of rotatable bonds is 2. The molecule has 1 saturated carbocycles. The smallest absolute Gasteiger partial charge is 0.231 e. The summed E-state index contributed by atoms with van der Waals surface area (Å²) in [5.41, 5.74) is 3.30. The van der Waals surface area contributed by atoms with E-state index in [1.807, 2.05) is 36.3 Å². The van der Waals surface area contributed by atoms with Crippen molar-refractivity contribution in [2.24, 2.45) is 5.41 Å². The fourth-order valence-electron chi connectivity index (χ4n) is 4.08. The summed E-state index contributed by atoms with van der Waals surface area (Å²) in [5.74, 6) is 1.10. The summed E-state index contributed by atoms with van der Waals surface area (Å²) in [4.78, 5) is 21.8. The van der Waals surface area contributed by atoms with Gasteiger partial charge < -0.3 is 9.64 Å². The zero-order valence-electron chi connectivity index (χ0n) is 17.6. The van der Waals surface area contributed by atoms with E-state index < -0.39 is 0 Å². The van der Waals surface area contributed by atoms with Crippen LogP contribution in [-0.2, 0) is 17.9 Å². The summed E-state index contributed by atoms with van der Waals surface area (Å²) < 4.78 is 6.08. The average molecular weight is 394 g/mol. The number of carbonyl (C=O) groups excluding carboxylic acids is 1. The van der Waals surface area contributed by atoms with Gasteiger partial charge in [-0.1, -0.05) is 18.2 Å². The van der Waals surface area contributed by atoms with Gasteiger partial charge in [0, 0.05) is 32.9 Å². The molecule has 1 spiro atoms. The molecule has 0 saturated heterocycles. The van der Waals surface area contributed by atoms with Crippen molar-refractivity contribution in [2.45, 2.75) is 45.7 Å². The monoisotopic (exact) mass is 393 g/mol. The Morgan fingerprint density at radius 3 is 2.76 bits per heavy atom. The zero-order chi connectivity index (χ0) is 20.3. The van der Waals surface area contributed by atoms with Crippen molar-refractivity contribution in [3.05, 3.63) is 59.4 Å². The molecule has 1 amide bonds. The first kappa shape index (κ1) is 19.9. The highest BCUT2D eigenvalue weighted by Gasteiger charge is 2.52. The lowest BCUT2D eigenvalue weighted by Crippen LogP contribution is -2.38. The van der Waals surface area contributed by atoms with Crippen molar-refractivity contribution in [3.8, 4) is 5.75 Å². The molecule has 1 aromatic carbocycles. The Kier molecular flexibility index (Phi) is 5.86. The van der Waals surface area contributed by atoms with Crippen LogP contribution in [0.25, 0.3) is 0 Å². The van der Waals surface area contributed by atoms with Gasteiger partial charge in [-0.15, -0.1) is 0 Å². The van der Waals surface area contributed by atoms with Gasteiger partial charge in [0.15, 0.2) is 0 Å². The third-order valence-electron chi connectivity index (χ3n) is 6.18. The molecule has 1 aliphatic carbocycles. The van der Waals surface area contributed by atoms with Gasteiger partial charge >= 0.3 is 0 Å². The van der Waals surface area contributed by atoms with E-state index in [1.165, 1.54) is 11.1 Å². The topological polar surface area (TPSA) is 45.7 Å². The second-order valence-electron chi connectivity index (χ2n) is 8.63. The SMILES string of the molecule is Cc1cccnc1CN1CCCCN(C)C(=O)C2(CC2)COc2cccc(c2)C1. The highest BCUT2D eigenvalue weighted by atomic mass is 16.5. The van der Waals surface area contributed by atoms with Gasteiger partial charge in [0.05, 0.1) is 11.1 Å². The molecule has 0 N–H and O–H groups in total. The number of hydrogen-bond acceptors (Lipinski definition) is 4. The third kappa shape index (κ3) is 4.78. The summed E-state index contributed by atoms with van der Waals surface area (Å²) in [5, 5.41) is 0. The first-order valence-corrected chi connectivity index (χ1v) is 10.7. The van der Waals surface area contributed by atoms with Crippen LogP contribution in [0.15, 0.2) is 42.6 Å². The Labute approximate surface area is 173 Å². The number of benzene rings is 1. The quantitative estimate of drug-likeness (QED) is 0.779. The number of aryl methyl sites for hydroxylation is 1. The van der Waals surface area contributed by atoms with Gasteiger partial charge in [-0.25, -0.2) is 0 Å². The van der Waals surface area contributed by atoms with E-state index in [1.54, 1.807) is 0 Å². The van der Waals surface area contributed by atoms with Crippen molar-refractivity contribution < 1.29 is 9.53 Å². The Morgan fingerprint density at radius 1 is 1.14 bits per heavy atom. The Bertz CT molecular complexity index is 863. The lowest BCUT2D eigenvalue weighted by atomic mass is 10.1. The highest BCUT2D eigenvalue weighted by Crippen LogP contribution is 2.47. The van der Waals surface area contributed by atoms with Crippen LogP contribution in [0.2, 0.25) is 0 Å². The van der Waals surface area contributed by atoms with Crippen molar-refractivity contribution in [2.75, 3.05) is 26.7 Å². The minimum Gasteiger partial charge on any atom is -0.492 e. The zero-order valence-corrected chi connectivity index (χ0v) is 17.6. The maximum Gasteiger partial charge on any atom is 0.231 e. The van der Waals surface area contributed by atoms with Crippen molar-refractivity contribution in [3.63, 3.8) is 0 Å². The lowest BCUT2D eigenvalue weighted by Gasteiger charge is -2.26. The number of aromatic nitrogens is 1. The number of hydrogen-bond donors (Lipinski definition) is 0. The van der Waals surface area contributed by atoms with Gasteiger partial charge in [0.25, 0.3) is 0 Å². The maximum atomic E-state index is 12.9. The van der Waals surface area contributed by atoms with Crippen molar-refractivity contribution >= 4 is 5.91 Å². The number of fused-ring (bicyclic) bond motifs is 2. The minimum absolute atomic E-state index is 0.242. The average Bonchev–Trinajstić information content (AvgIpc) is 3.51. The Morgan fingerprint density at radius 2 is 1.97 bits per heavy atom.